The van der Waals surface area contributed by atoms with E-state index < -0.39 is 0 Å². The molecule has 0 fully saturated rings. The SMILES string of the molecule is Cc1nc(-c2ccc(F)cc2)sc1CC(=O)NCc1cccnc1. The molecule has 0 bridgehead atoms. The molecule has 6 heteroatoms. The molecule has 122 valence electrons. The third-order valence-electron chi connectivity index (χ3n) is 3.52. The van der Waals surface area contributed by atoms with E-state index in [0.717, 1.165) is 26.7 Å². The highest BCUT2D eigenvalue weighted by molar-refractivity contribution is 7.15. The lowest BCUT2D eigenvalue weighted by atomic mass is 10.2. The van der Waals surface area contributed by atoms with E-state index in [1.54, 1.807) is 24.5 Å². The van der Waals surface area contributed by atoms with Crippen LogP contribution in [0.3, 0.4) is 0 Å². The van der Waals surface area contributed by atoms with Gasteiger partial charge in [0.1, 0.15) is 10.8 Å². The summed E-state index contributed by atoms with van der Waals surface area (Å²) in [5.41, 5.74) is 2.64. The molecule has 24 heavy (non-hydrogen) atoms. The number of pyridine rings is 1. The van der Waals surface area contributed by atoms with Gasteiger partial charge in [-0.3, -0.25) is 9.78 Å². The maximum Gasteiger partial charge on any atom is 0.225 e. The third kappa shape index (κ3) is 4.02. The lowest BCUT2D eigenvalue weighted by Gasteiger charge is -2.04. The third-order valence-corrected chi connectivity index (χ3v) is 4.72. The van der Waals surface area contributed by atoms with Gasteiger partial charge in [-0.2, -0.15) is 0 Å². The standard InChI is InChI=1S/C18H16FN3OS/c1-12-16(9-17(23)21-11-13-3-2-8-20-10-13)24-18(22-12)14-4-6-15(19)7-5-14/h2-8,10H,9,11H2,1H3,(H,21,23). The number of aromatic nitrogens is 2. The van der Waals surface area contributed by atoms with E-state index in [0.29, 0.717) is 6.54 Å². The summed E-state index contributed by atoms with van der Waals surface area (Å²) in [5.74, 6) is -0.335. The zero-order valence-electron chi connectivity index (χ0n) is 13.1. The van der Waals surface area contributed by atoms with E-state index in [1.807, 2.05) is 19.1 Å². The van der Waals surface area contributed by atoms with Gasteiger partial charge in [0.2, 0.25) is 5.91 Å². The summed E-state index contributed by atoms with van der Waals surface area (Å²) >= 11 is 1.46. The van der Waals surface area contributed by atoms with Crippen molar-refractivity contribution < 1.29 is 9.18 Å². The number of halogens is 1. The monoisotopic (exact) mass is 341 g/mol. The largest absolute Gasteiger partial charge is 0.352 e. The molecule has 0 aliphatic heterocycles. The van der Waals surface area contributed by atoms with Crippen LogP contribution < -0.4 is 5.32 Å². The number of thiazole rings is 1. The van der Waals surface area contributed by atoms with Crippen molar-refractivity contribution in [3.8, 4) is 10.6 Å². The highest BCUT2D eigenvalue weighted by Crippen LogP contribution is 2.28. The van der Waals surface area contributed by atoms with Gasteiger partial charge < -0.3 is 5.32 Å². The Morgan fingerprint density at radius 3 is 2.75 bits per heavy atom. The first-order valence-corrected chi connectivity index (χ1v) is 8.31. The number of amides is 1. The fourth-order valence-corrected chi connectivity index (χ4v) is 3.29. The molecule has 1 aromatic carbocycles. The second-order valence-electron chi connectivity index (χ2n) is 5.35. The minimum Gasteiger partial charge on any atom is -0.352 e. The minimum absolute atomic E-state index is 0.0590. The molecule has 3 rings (SSSR count). The van der Waals surface area contributed by atoms with Gasteiger partial charge in [0.05, 0.1) is 12.1 Å². The first-order chi connectivity index (χ1) is 11.6. The smallest absolute Gasteiger partial charge is 0.225 e. The zero-order valence-corrected chi connectivity index (χ0v) is 13.9. The van der Waals surface area contributed by atoms with Gasteiger partial charge in [-0.15, -0.1) is 11.3 Å². The first-order valence-electron chi connectivity index (χ1n) is 7.49. The Morgan fingerprint density at radius 2 is 2.04 bits per heavy atom. The fourth-order valence-electron chi connectivity index (χ4n) is 2.22. The van der Waals surface area contributed by atoms with Crippen molar-refractivity contribution in [2.24, 2.45) is 0 Å². The quantitative estimate of drug-likeness (QED) is 0.773. The number of hydrogen-bond donors (Lipinski definition) is 1. The molecule has 1 N–H and O–H groups in total. The van der Waals surface area contributed by atoms with Crippen molar-refractivity contribution >= 4 is 17.2 Å². The summed E-state index contributed by atoms with van der Waals surface area (Å²) in [6.07, 6.45) is 3.71. The Hall–Kier alpha value is -2.60. The van der Waals surface area contributed by atoms with Crippen LogP contribution in [-0.2, 0) is 17.8 Å². The normalized spacial score (nSPS) is 10.6. The number of hydrogen-bond acceptors (Lipinski definition) is 4. The number of nitrogens with one attached hydrogen (secondary N) is 1. The molecular formula is C18H16FN3OS. The van der Waals surface area contributed by atoms with E-state index >= 15 is 0 Å². The summed E-state index contributed by atoms with van der Waals surface area (Å²) in [4.78, 5) is 21.5. The van der Waals surface area contributed by atoms with Crippen LogP contribution in [-0.4, -0.2) is 15.9 Å². The Morgan fingerprint density at radius 1 is 1.25 bits per heavy atom. The van der Waals surface area contributed by atoms with Gasteiger partial charge in [-0.25, -0.2) is 9.37 Å². The van der Waals surface area contributed by atoms with E-state index in [2.05, 4.69) is 15.3 Å². The van der Waals surface area contributed by atoms with Gasteiger partial charge in [-0.1, -0.05) is 6.07 Å². The Balaban J connectivity index is 1.65. The summed E-state index contributed by atoms with van der Waals surface area (Å²) in [6.45, 7) is 2.34. The fraction of sp³-hybridized carbons (Fsp3) is 0.167. The lowest BCUT2D eigenvalue weighted by molar-refractivity contribution is -0.120. The summed E-state index contributed by atoms with van der Waals surface area (Å²) in [7, 11) is 0. The minimum atomic E-state index is -0.276. The summed E-state index contributed by atoms with van der Waals surface area (Å²) in [6, 6.07) is 9.96. The molecule has 2 heterocycles. The maximum atomic E-state index is 13.0. The molecule has 0 aliphatic rings. The highest BCUT2D eigenvalue weighted by atomic mass is 32.1. The van der Waals surface area contributed by atoms with Crippen LogP contribution in [0.1, 0.15) is 16.1 Å². The van der Waals surface area contributed by atoms with Gasteiger partial charge >= 0.3 is 0 Å². The lowest BCUT2D eigenvalue weighted by Crippen LogP contribution is -2.24. The van der Waals surface area contributed by atoms with Crippen LogP contribution >= 0.6 is 11.3 Å². The highest BCUT2D eigenvalue weighted by Gasteiger charge is 2.13. The Labute approximate surface area is 143 Å². The molecule has 0 atom stereocenters. The number of rotatable bonds is 5. The number of nitrogens with zero attached hydrogens (tertiary/aromatic N) is 2. The average Bonchev–Trinajstić information content (AvgIpc) is 2.95. The predicted molar refractivity (Wildman–Crippen MR) is 92.0 cm³/mol. The summed E-state index contributed by atoms with van der Waals surface area (Å²) in [5, 5.41) is 3.68. The first kappa shape index (κ1) is 16.3. The molecule has 0 aliphatic carbocycles. The molecular weight excluding hydrogens is 325 g/mol. The van der Waals surface area contributed by atoms with E-state index in [1.165, 1.54) is 23.5 Å². The Bertz CT molecular complexity index is 831. The van der Waals surface area contributed by atoms with Gasteiger partial charge in [0.25, 0.3) is 0 Å². The molecule has 0 saturated heterocycles. The number of aryl methyl sites for hydroxylation is 1. The second-order valence-corrected chi connectivity index (χ2v) is 6.43. The number of carbonyl (C=O) groups is 1. The van der Waals surface area contributed by atoms with E-state index in [-0.39, 0.29) is 18.1 Å². The molecule has 0 radical (unpaired) electrons. The average molecular weight is 341 g/mol. The molecule has 0 spiro atoms. The summed E-state index contributed by atoms with van der Waals surface area (Å²) < 4.78 is 13.0. The van der Waals surface area contributed by atoms with Crippen molar-refractivity contribution in [3.05, 3.63) is 70.7 Å². The van der Waals surface area contributed by atoms with Crippen LogP contribution in [0.4, 0.5) is 4.39 Å². The maximum absolute atomic E-state index is 13.0. The van der Waals surface area contributed by atoms with Gasteiger partial charge in [-0.05, 0) is 42.8 Å². The van der Waals surface area contributed by atoms with Gasteiger partial charge in [0.15, 0.2) is 0 Å². The van der Waals surface area contributed by atoms with Crippen molar-refractivity contribution in [2.45, 2.75) is 19.9 Å². The predicted octanol–water partition coefficient (Wildman–Crippen LogP) is 3.51. The van der Waals surface area contributed by atoms with Crippen LogP contribution in [0.15, 0.2) is 48.8 Å². The van der Waals surface area contributed by atoms with Crippen molar-refractivity contribution in [1.82, 2.24) is 15.3 Å². The van der Waals surface area contributed by atoms with Gasteiger partial charge in [0, 0.05) is 29.4 Å². The molecule has 1 amide bonds. The van der Waals surface area contributed by atoms with Crippen LogP contribution in [0.25, 0.3) is 10.6 Å². The van der Waals surface area contributed by atoms with Crippen LogP contribution in [0.5, 0.6) is 0 Å². The molecule has 4 nitrogen and oxygen atoms in total. The van der Waals surface area contributed by atoms with Crippen molar-refractivity contribution in [2.75, 3.05) is 0 Å². The second kappa shape index (κ2) is 7.31. The Kier molecular flexibility index (Phi) is 4.96. The molecule has 3 aromatic rings. The molecule has 0 saturated carbocycles. The van der Waals surface area contributed by atoms with Crippen LogP contribution in [0, 0.1) is 12.7 Å². The van der Waals surface area contributed by atoms with Crippen molar-refractivity contribution in [1.29, 1.82) is 0 Å². The van der Waals surface area contributed by atoms with E-state index in [4.69, 9.17) is 0 Å². The topological polar surface area (TPSA) is 54.9 Å². The number of carbonyl (C=O) groups excluding carboxylic acids is 1. The molecule has 2 aromatic heterocycles. The van der Waals surface area contributed by atoms with Crippen LogP contribution in [0.2, 0.25) is 0 Å². The molecule has 0 unspecified atom stereocenters. The number of benzene rings is 1. The van der Waals surface area contributed by atoms with Crippen molar-refractivity contribution in [3.63, 3.8) is 0 Å². The zero-order chi connectivity index (χ0) is 16.9. The van der Waals surface area contributed by atoms with E-state index in [9.17, 15) is 9.18 Å².